The Labute approximate surface area is 188 Å². The first-order valence-corrected chi connectivity index (χ1v) is 10.7. The van der Waals surface area contributed by atoms with Crippen LogP contribution in [0.25, 0.3) is 16.7 Å². The van der Waals surface area contributed by atoms with Crippen molar-refractivity contribution in [1.29, 1.82) is 0 Å². The van der Waals surface area contributed by atoms with Gasteiger partial charge in [-0.05, 0) is 24.1 Å². The van der Waals surface area contributed by atoms with Gasteiger partial charge in [0.2, 0.25) is 0 Å². The van der Waals surface area contributed by atoms with E-state index in [9.17, 15) is 9.90 Å². The molecule has 0 aliphatic carbocycles. The highest BCUT2D eigenvalue weighted by atomic mass is 16.5. The lowest BCUT2D eigenvalue weighted by Crippen LogP contribution is -2.38. The molecular formula is C21H23N9O3. The van der Waals surface area contributed by atoms with E-state index in [1.165, 1.54) is 6.20 Å². The summed E-state index contributed by atoms with van der Waals surface area (Å²) in [5, 5.41) is 29.6. The number of hydrogen-bond acceptors (Lipinski definition) is 9. The van der Waals surface area contributed by atoms with Crippen molar-refractivity contribution in [2.24, 2.45) is 7.05 Å². The molecule has 1 aromatic carbocycles. The van der Waals surface area contributed by atoms with E-state index in [-0.39, 0.29) is 18.5 Å². The van der Waals surface area contributed by atoms with Crippen LogP contribution in [0.1, 0.15) is 22.3 Å². The molecule has 0 unspecified atom stereocenters. The molecule has 2 atom stereocenters. The number of carbonyl (C=O) groups is 1. The number of carbonyl (C=O) groups excluding carboxylic acids is 1. The second-order valence-corrected chi connectivity index (χ2v) is 8.44. The van der Waals surface area contributed by atoms with E-state index in [0.717, 1.165) is 16.8 Å². The number of anilines is 3. The Morgan fingerprint density at radius 1 is 1.30 bits per heavy atom. The molecular weight excluding hydrogens is 426 g/mol. The molecule has 1 saturated heterocycles. The standard InChI is InChI=1S/C21H23N9O3/c1-22-18-6-17-24-15-3-11(4-16-19(15)26-27-28(16)2)9-33-10-12-5-13(31)8-29(12)21(32)14-7-23-30(18)20(14)25-17/h3-4,6-7,12-13,22,31H,5,8-10H2,1-2H3,(H,24,25)/t12-,13-/m0/s1. The molecule has 6 rings (SSSR count). The topological polar surface area (TPSA) is 135 Å². The fraction of sp³-hybridized carbons (Fsp3) is 0.381. The van der Waals surface area contributed by atoms with Gasteiger partial charge in [-0.15, -0.1) is 5.10 Å². The van der Waals surface area contributed by atoms with Gasteiger partial charge in [-0.3, -0.25) is 4.79 Å². The third-order valence-electron chi connectivity index (χ3n) is 6.23. The number of nitrogens with zero attached hydrogens (tertiary/aromatic N) is 7. The summed E-state index contributed by atoms with van der Waals surface area (Å²) in [5.74, 6) is 0.969. The minimum absolute atomic E-state index is 0.228. The number of aliphatic hydroxyl groups is 1. The maximum absolute atomic E-state index is 13.5. The summed E-state index contributed by atoms with van der Waals surface area (Å²) in [6.07, 6.45) is 1.38. The first-order valence-electron chi connectivity index (χ1n) is 10.7. The van der Waals surface area contributed by atoms with E-state index in [1.54, 1.807) is 21.1 Å². The van der Waals surface area contributed by atoms with Crippen molar-refractivity contribution in [3.05, 3.63) is 35.5 Å². The zero-order valence-electron chi connectivity index (χ0n) is 18.2. The van der Waals surface area contributed by atoms with Crippen LogP contribution in [0, 0.1) is 0 Å². The van der Waals surface area contributed by atoms with Gasteiger partial charge in [0, 0.05) is 26.7 Å². The zero-order valence-corrected chi connectivity index (χ0v) is 18.2. The maximum atomic E-state index is 13.5. The van der Waals surface area contributed by atoms with Gasteiger partial charge in [-0.25, -0.2) is 9.67 Å². The van der Waals surface area contributed by atoms with E-state index in [4.69, 9.17) is 9.72 Å². The summed E-state index contributed by atoms with van der Waals surface area (Å²) < 4.78 is 9.31. The fourth-order valence-corrected chi connectivity index (χ4v) is 4.63. The molecule has 4 bridgehead atoms. The molecule has 2 aliphatic rings. The number of rotatable bonds is 1. The Kier molecular flexibility index (Phi) is 4.45. The highest BCUT2D eigenvalue weighted by molar-refractivity contribution is 6.00. The predicted octanol–water partition coefficient (Wildman–Crippen LogP) is 0.902. The Balaban J connectivity index is 1.56. The maximum Gasteiger partial charge on any atom is 0.259 e. The Morgan fingerprint density at radius 2 is 2.18 bits per heavy atom. The molecule has 12 nitrogen and oxygen atoms in total. The lowest BCUT2D eigenvalue weighted by atomic mass is 10.1. The quantitative estimate of drug-likeness (QED) is 0.387. The monoisotopic (exact) mass is 449 g/mol. The van der Waals surface area contributed by atoms with Crippen molar-refractivity contribution >= 4 is 39.9 Å². The van der Waals surface area contributed by atoms with Crippen LogP contribution >= 0.6 is 0 Å². The fourth-order valence-electron chi connectivity index (χ4n) is 4.63. The normalized spacial score (nSPS) is 20.8. The molecule has 0 radical (unpaired) electrons. The minimum atomic E-state index is -0.596. The van der Waals surface area contributed by atoms with Crippen LogP contribution in [0.4, 0.5) is 17.3 Å². The van der Waals surface area contributed by atoms with Crippen LogP contribution < -0.4 is 10.6 Å². The lowest BCUT2D eigenvalue weighted by Gasteiger charge is -2.24. The predicted molar refractivity (Wildman–Crippen MR) is 119 cm³/mol. The van der Waals surface area contributed by atoms with E-state index in [1.807, 2.05) is 25.2 Å². The van der Waals surface area contributed by atoms with Gasteiger partial charge >= 0.3 is 0 Å². The largest absolute Gasteiger partial charge is 0.391 e. The zero-order chi connectivity index (χ0) is 22.7. The first kappa shape index (κ1) is 19.9. The van der Waals surface area contributed by atoms with Crippen LogP contribution in [0.3, 0.4) is 0 Å². The number of aromatic nitrogens is 6. The summed E-state index contributed by atoms with van der Waals surface area (Å²) in [5.41, 5.74) is 4.02. The van der Waals surface area contributed by atoms with Crippen molar-refractivity contribution in [3.8, 4) is 0 Å². The van der Waals surface area contributed by atoms with E-state index in [0.29, 0.717) is 48.0 Å². The smallest absolute Gasteiger partial charge is 0.259 e. The number of amides is 1. The average Bonchev–Trinajstić information content (AvgIpc) is 3.50. The van der Waals surface area contributed by atoms with Crippen LogP contribution in [-0.2, 0) is 18.4 Å². The number of nitrogens with one attached hydrogen (secondary N) is 2. The van der Waals surface area contributed by atoms with Gasteiger partial charge in [-0.2, -0.15) is 9.61 Å². The van der Waals surface area contributed by atoms with Crippen LogP contribution in [-0.4, -0.2) is 77.9 Å². The second kappa shape index (κ2) is 7.39. The van der Waals surface area contributed by atoms with Gasteiger partial charge in [-0.1, -0.05) is 5.21 Å². The molecule has 4 aromatic rings. The molecule has 2 aliphatic heterocycles. The molecule has 170 valence electrons. The van der Waals surface area contributed by atoms with Gasteiger partial charge in [0.15, 0.2) is 5.65 Å². The summed E-state index contributed by atoms with van der Waals surface area (Å²) in [4.78, 5) is 19.8. The minimum Gasteiger partial charge on any atom is -0.391 e. The lowest BCUT2D eigenvalue weighted by molar-refractivity contribution is 0.0497. The van der Waals surface area contributed by atoms with Gasteiger partial charge in [0.25, 0.3) is 5.91 Å². The molecule has 1 fully saturated rings. The van der Waals surface area contributed by atoms with Crippen molar-refractivity contribution in [3.63, 3.8) is 0 Å². The van der Waals surface area contributed by atoms with Crippen LogP contribution in [0.5, 0.6) is 0 Å². The highest BCUT2D eigenvalue weighted by Crippen LogP contribution is 2.30. The summed E-state index contributed by atoms with van der Waals surface area (Å²) in [6.45, 7) is 0.905. The molecule has 5 heterocycles. The number of ether oxygens (including phenoxy) is 1. The van der Waals surface area contributed by atoms with E-state index < -0.39 is 6.10 Å². The van der Waals surface area contributed by atoms with Gasteiger partial charge in [0.1, 0.15) is 22.7 Å². The number of hydrogen-bond donors (Lipinski definition) is 3. The van der Waals surface area contributed by atoms with E-state index in [2.05, 4.69) is 26.0 Å². The molecule has 3 aromatic heterocycles. The van der Waals surface area contributed by atoms with Gasteiger partial charge in [0.05, 0.1) is 42.8 Å². The highest BCUT2D eigenvalue weighted by Gasteiger charge is 2.36. The van der Waals surface area contributed by atoms with Crippen molar-refractivity contribution in [2.45, 2.75) is 25.2 Å². The molecule has 33 heavy (non-hydrogen) atoms. The Bertz CT molecular complexity index is 1390. The Hall–Kier alpha value is -3.77. The van der Waals surface area contributed by atoms with Crippen molar-refractivity contribution < 1.29 is 14.6 Å². The third kappa shape index (κ3) is 3.17. The summed E-state index contributed by atoms with van der Waals surface area (Å²) in [6, 6.07) is 5.53. The number of benzene rings is 1. The van der Waals surface area contributed by atoms with Crippen molar-refractivity contribution in [2.75, 3.05) is 30.8 Å². The first-order chi connectivity index (χ1) is 16.0. The van der Waals surface area contributed by atoms with Gasteiger partial charge < -0.3 is 25.4 Å². The van der Waals surface area contributed by atoms with Crippen molar-refractivity contribution in [1.82, 2.24) is 34.5 Å². The molecule has 3 N–H and O–H groups in total. The van der Waals surface area contributed by atoms with E-state index >= 15 is 0 Å². The number of aliphatic hydroxyl groups excluding tert-OH is 1. The summed E-state index contributed by atoms with van der Waals surface area (Å²) >= 11 is 0. The molecule has 12 heteroatoms. The second-order valence-electron chi connectivity index (χ2n) is 8.44. The average molecular weight is 449 g/mol. The van der Waals surface area contributed by atoms with Crippen LogP contribution in [0.2, 0.25) is 0 Å². The van der Waals surface area contributed by atoms with Crippen LogP contribution in [0.15, 0.2) is 24.4 Å². The summed E-state index contributed by atoms with van der Waals surface area (Å²) in [7, 11) is 3.62. The Morgan fingerprint density at radius 3 is 3.03 bits per heavy atom. The molecule has 1 amide bonds. The SMILES string of the molecule is CNc1cc2nc3c(cnn13)C(=O)N1C[C@@H](O)C[C@H]1COCc1cc(c3nnn(C)c3c1)N2. The number of aryl methyl sites for hydroxylation is 1. The molecule has 0 spiro atoms. The third-order valence-corrected chi connectivity index (χ3v) is 6.23. The number of fused-ring (bicyclic) bond motifs is 6. The molecule has 0 saturated carbocycles.